The van der Waals surface area contributed by atoms with Gasteiger partial charge in [0.1, 0.15) is 5.75 Å². The highest BCUT2D eigenvalue weighted by atomic mass is 16.5. The summed E-state index contributed by atoms with van der Waals surface area (Å²) < 4.78 is 5.44. The highest BCUT2D eigenvalue weighted by Crippen LogP contribution is 2.22. The van der Waals surface area contributed by atoms with Crippen LogP contribution in [0, 0.1) is 0 Å². The molecule has 4 rings (SSSR count). The molecule has 3 aromatic carbocycles. The van der Waals surface area contributed by atoms with Crippen LogP contribution in [0.15, 0.2) is 89.7 Å². The first-order valence-corrected chi connectivity index (χ1v) is 8.89. The number of para-hydroxylation sites is 1. The summed E-state index contributed by atoms with van der Waals surface area (Å²) >= 11 is 0. The minimum Gasteiger partial charge on any atom is -0.484 e. The molecule has 4 aromatic rings. The molecule has 138 valence electrons. The van der Waals surface area contributed by atoms with Crippen LogP contribution in [0.3, 0.4) is 0 Å². The summed E-state index contributed by atoms with van der Waals surface area (Å²) in [6.45, 7) is -0.106. The van der Waals surface area contributed by atoms with E-state index in [1.807, 2.05) is 60.7 Å². The van der Waals surface area contributed by atoms with Crippen molar-refractivity contribution >= 4 is 22.4 Å². The number of aromatic nitrogens is 1. The number of carbonyl (C=O) groups excluding carboxylic acids is 1. The number of nitrogens with one attached hydrogen (secondary N) is 2. The number of carbonyl (C=O) groups is 1. The van der Waals surface area contributed by atoms with Gasteiger partial charge in [0.15, 0.2) is 6.61 Å². The maximum Gasteiger partial charge on any atom is 0.262 e. The molecule has 5 heteroatoms. The Morgan fingerprint density at radius 3 is 2.36 bits per heavy atom. The second-order valence-corrected chi connectivity index (χ2v) is 6.33. The fourth-order valence-electron chi connectivity index (χ4n) is 2.97. The highest BCUT2D eigenvalue weighted by Gasteiger charge is 2.08. The van der Waals surface area contributed by atoms with Gasteiger partial charge in [0.05, 0.1) is 0 Å². The summed E-state index contributed by atoms with van der Waals surface area (Å²) in [5.41, 5.74) is 2.04. The first-order valence-electron chi connectivity index (χ1n) is 8.89. The van der Waals surface area contributed by atoms with Gasteiger partial charge in [-0.2, -0.15) is 0 Å². The summed E-state index contributed by atoms with van der Waals surface area (Å²) in [5, 5.41) is 4.08. The minimum absolute atomic E-state index is 0.106. The fourth-order valence-corrected chi connectivity index (χ4v) is 2.97. The van der Waals surface area contributed by atoms with Gasteiger partial charge in [-0.3, -0.25) is 9.59 Å². The van der Waals surface area contributed by atoms with Gasteiger partial charge in [-0.25, -0.2) is 0 Å². The largest absolute Gasteiger partial charge is 0.484 e. The summed E-state index contributed by atoms with van der Waals surface area (Å²) in [6, 6.07) is 26.0. The van der Waals surface area contributed by atoms with E-state index >= 15 is 0 Å². The second-order valence-electron chi connectivity index (χ2n) is 6.33. The number of rotatable bonds is 5. The summed E-state index contributed by atoms with van der Waals surface area (Å²) in [5.74, 6) is 0.335. The van der Waals surface area contributed by atoms with Crippen LogP contribution in [0.2, 0.25) is 0 Å². The Kier molecular flexibility index (Phi) is 4.89. The lowest BCUT2D eigenvalue weighted by Crippen LogP contribution is -2.20. The van der Waals surface area contributed by atoms with Crippen LogP contribution < -0.4 is 15.6 Å². The molecule has 0 spiro atoms. The smallest absolute Gasteiger partial charge is 0.262 e. The number of H-pyrrole nitrogens is 1. The van der Waals surface area contributed by atoms with E-state index in [0.717, 1.165) is 16.6 Å². The van der Waals surface area contributed by atoms with Crippen LogP contribution in [-0.4, -0.2) is 17.5 Å². The zero-order chi connectivity index (χ0) is 19.3. The molecular formula is C23H18N2O3. The molecule has 2 N–H and O–H groups in total. The Morgan fingerprint density at radius 1 is 0.893 bits per heavy atom. The Hall–Kier alpha value is -3.86. The van der Waals surface area contributed by atoms with Crippen LogP contribution in [0.1, 0.15) is 0 Å². The fraction of sp³-hybridized carbons (Fsp3) is 0.0435. The van der Waals surface area contributed by atoms with Crippen LogP contribution in [0.25, 0.3) is 22.0 Å². The van der Waals surface area contributed by atoms with Gasteiger partial charge in [0.25, 0.3) is 11.5 Å². The quantitative estimate of drug-likeness (QED) is 0.553. The Morgan fingerprint density at radius 2 is 1.61 bits per heavy atom. The summed E-state index contributed by atoms with van der Waals surface area (Å²) in [7, 11) is 0. The third-order valence-electron chi connectivity index (χ3n) is 4.33. The third-order valence-corrected chi connectivity index (χ3v) is 4.33. The van der Waals surface area contributed by atoms with Crippen molar-refractivity contribution < 1.29 is 9.53 Å². The Balaban J connectivity index is 1.52. The SMILES string of the molecule is O=C(COc1ccccc1)Nc1ccc2cc(-c3ccccc3)[nH]c(=O)c2c1. The molecule has 1 amide bonds. The topological polar surface area (TPSA) is 71.2 Å². The molecule has 0 saturated carbocycles. The molecular weight excluding hydrogens is 352 g/mol. The summed E-state index contributed by atoms with van der Waals surface area (Å²) in [4.78, 5) is 27.6. The van der Waals surface area contributed by atoms with Crippen LogP contribution in [-0.2, 0) is 4.79 Å². The van der Waals surface area contributed by atoms with Crippen LogP contribution >= 0.6 is 0 Å². The molecule has 0 aliphatic heterocycles. The van der Waals surface area contributed by atoms with Crippen molar-refractivity contribution in [2.45, 2.75) is 0 Å². The molecule has 0 unspecified atom stereocenters. The van der Waals surface area contributed by atoms with Crippen molar-refractivity contribution in [1.82, 2.24) is 4.98 Å². The van der Waals surface area contributed by atoms with E-state index < -0.39 is 0 Å². The van der Waals surface area contributed by atoms with Crippen molar-refractivity contribution in [3.8, 4) is 17.0 Å². The van der Waals surface area contributed by atoms with Crippen molar-refractivity contribution in [2.75, 3.05) is 11.9 Å². The normalized spacial score (nSPS) is 10.6. The van der Waals surface area contributed by atoms with Crippen molar-refractivity contribution in [1.29, 1.82) is 0 Å². The number of hydrogen-bond acceptors (Lipinski definition) is 3. The van der Waals surface area contributed by atoms with Crippen molar-refractivity contribution in [2.24, 2.45) is 0 Å². The van der Waals surface area contributed by atoms with E-state index in [1.54, 1.807) is 24.3 Å². The molecule has 0 radical (unpaired) electrons. The molecule has 0 aliphatic rings. The third kappa shape index (κ3) is 3.94. The lowest BCUT2D eigenvalue weighted by atomic mass is 10.1. The zero-order valence-corrected chi connectivity index (χ0v) is 15.0. The van der Waals surface area contributed by atoms with Gasteiger partial charge in [-0.15, -0.1) is 0 Å². The molecule has 0 fully saturated rings. The van der Waals surface area contributed by atoms with E-state index in [4.69, 9.17) is 4.74 Å². The lowest BCUT2D eigenvalue weighted by molar-refractivity contribution is -0.118. The number of anilines is 1. The van der Waals surface area contributed by atoms with Crippen molar-refractivity contribution in [3.05, 3.63) is 95.3 Å². The van der Waals surface area contributed by atoms with Gasteiger partial charge in [0, 0.05) is 16.8 Å². The molecule has 0 atom stereocenters. The minimum atomic E-state index is -0.291. The van der Waals surface area contributed by atoms with E-state index in [9.17, 15) is 9.59 Å². The van der Waals surface area contributed by atoms with Gasteiger partial charge < -0.3 is 15.0 Å². The first kappa shape index (κ1) is 17.5. The number of fused-ring (bicyclic) bond motifs is 1. The lowest BCUT2D eigenvalue weighted by Gasteiger charge is -2.09. The molecule has 5 nitrogen and oxygen atoms in total. The second kappa shape index (κ2) is 7.80. The van der Waals surface area contributed by atoms with E-state index in [1.165, 1.54) is 0 Å². The average molecular weight is 370 g/mol. The maximum atomic E-state index is 12.5. The van der Waals surface area contributed by atoms with Gasteiger partial charge in [-0.1, -0.05) is 54.6 Å². The molecule has 28 heavy (non-hydrogen) atoms. The first-order chi connectivity index (χ1) is 13.7. The molecule has 0 saturated heterocycles. The van der Waals surface area contributed by atoms with Crippen LogP contribution in [0.4, 0.5) is 5.69 Å². The molecule has 0 aliphatic carbocycles. The standard InChI is InChI=1S/C23H18N2O3/c26-22(15-28-19-9-5-2-6-10-19)24-18-12-11-17-13-21(16-7-3-1-4-8-16)25-23(27)20(17)14-18/h1-14H,15H2,(H,24,26)(H,25,27). The maximum absolute atomic E-state index is 12.5. The molecule has 1 aromatic heterocycles. The number of amides is 1. The zero-order valence-electron chi connectivity index (χ0n) is 15.0. The molecule has 0 bridgehead atoms. The number of benzene rings is 3. The predicted molar refractivity (Wildman–Crippen MR) is 111 cm³/mol. The van der Waals surface area contributed by atoms with Crippen LogP contribution in [0.5, 0.6) is 5.75 Å². The van der Waals surface area contributed by atoms with E-state index in [2.05, 4.69) is 10.3 Å². The summed E-state index contributed by atoms with van der Waals surface area (Å²) in [6.07, 6.45) is 0. The monoisotopic (exact) mass is 370 g/mol. The molecule has 1 heterocycles. The van der Waals surface area contributed by atoms with E-state index in [0.29, 0.717) is 16.8 Å². The van der Waals surface area contributed by atoms with Gasteiger partial charge in [0.2, 0.25) is 0 Å². The number of hydrogen-bond donors (Lipinski definition) is 2. The van der Waals surface area contributed by atoms with E-state index in [-0.39, 0.29) is 18.1 Å². The number of aromatic amines is 1. The number of pyridine rings is 1. The highest BCUT2D eigenvalue weighted by molar-refractivity contribution is 5.95. The average Bonchev–Trinajstić information content (AvgIpc) is 2.74. The Labute approximate surface area is 161 Å². The predicted octanol–water partition coefficient (Wildman–Crippen LogP) is 4.21. The number of ether oxygens (including phenoxy) is 1. The Bertz CT molecular complexity index is 1170. The van der Waals surface area contributed by atoms with Gasteiger partial charge >= 0.3 is 0 Å². The van der Waals surface area contributed by atoms with Gasteiger partial charge in [-0.05, 0) is 41.3 Å². The van der Waals surface area contributed by atoms with Crippen molar-refractivity contribution in [3.63, 3.8) is 0 Å².